The SMILES string of the molecule is Cc1ccc(C[n+]2ccn(-c3ccc(C(C)C)cc3)c2)cc1. The zero-order chi connectivity index (χ0) is 15.5. The molecule has 0 unspecified atom stereocenters. The van der Waals surface area contributed by atoms with Crippen LogP contribution in [0.3, 0.4) is 0 Å². The van der Waals surface area contributed by atoms with Gasteiger partial charge in [0.25, 0.3) is 0 Å². The minimum Gasteiger partial charge on any atom is -0.232 e. The molecular formula is C20H23N2+. The summed E-state index contributed by atoms with van der Waals surface area (Å²) in [5, 5.41) is 0. The smallest absolute Gasteiger partial charge is 0.232 e. The number of hydrogen-bond donors (Lipinski definition) is 0. The lowest BCUT2D eigenvalue weighted by Gasteiger charge is -2.04. The van der Waals surface area contributed by atoms with Crippen LogP contribution in [0.15, 0.2) is 67.3 Å². The van der Waals surface area contributed by atoms with E-state index in [4.69, 9.17) is 0 Å². The molecule has 0 radical (unpaired) electrons. The maximum absolute atomic E-state index is 2.22. The van der Waals surface area contributed by atoms with Gasteiger partial charge in [-0.2, -0.15) is 0 Å². The van der Waals surface area contributed by atoms with Crippen LogP contribution in [0.1, 0.15) is 36.5 Å². The van der Waals surface area contributed by atoms with Gasteiger partial charge in [-0.25, -0.2) is 9.13 Å². The average Bonchev–Trinajstić information content (AvgIpc) is 2.98. The second kappa shape index (κ2) is 6.18. The molecule has 0 aliphatic heterocycles. The minimum absolute atomic E-state index is 0.574. The van der Waals surface area contributed by atoms with E-state index in [1.165, 1.54) is 22.4 Å². The van der Waals surface area contributed by atoms with Crippen LogP contribution in [0.5, 0.6) is 0 Å². The van der Waals surface area contributed by atoms with Crippen LogP contribution < -0.4 is 4.57 Å². The molecule has 0 N–H and O–H groups in total. The van der Waals surface area contributed by atoms with Crippen LogP contribution >= 0.6 is 0 Å². The van der Waals surface area contributed by atoms with Gasteiger partial charge in [0.05, 0.1) is 0 Å². The molecule has 2 aromatic carbocycles. The number of aryl methyl sites for hydroxylation is 1. The van der Waals surface area contributed by atoms with Gasteiger partial charge in [0.15, 0.2) is 0 Å². The van der Waals surface area contributed by atoms with E-state index in [1.54, 1.807) is 0 Å². The molecule has 1 aromatic heterocycles. The molecule has 2 nitrogen and oxygen atoms in total. The van der Waals surface area contributed by atoms with Crippen molar-refractivity contribution in [1.82, 2.24) is 4.57 Å². The Hall–Kier alpha value is -2.35. The van der Waals surface area contributed by atoms with Crippen molar-refractivity contribution in [2.24, 2.45) is 0 Å². The van der Waals surface area contributed by atoms with Gasteiger partial charge in [-0.15, -0.1) is 0 Å². The number of hydrogen-bond acceptors (Lipinski definition) is 0. The summed E-state index contributed by atoms with van der Waals surface area (Å²) in [5.74, 6) is 0.574. The van der Waals surface area contributed by atoms with Crippen LogP contribution in [0, 0.1) is 6.92 Å². The first-order valence-corrected chi connectivity index (χ1v) is 7.85. The van der Waals surface area contributed by atoms with Gasteiger partial charge < -0.3 is 0 Å². The third-order valence-corrected chi connectivity index (χ3v) is 4.04. The Morgan fingerprint density at radius 3 is 2.27 bits per heavy atom. The van der Waals surface area contributed by atoms with E-state index in [1.807, 2.05) is 0 Å². The van der Waals surface area contributed by atoms with Gasteiger partial charge >= 0.3 is 0 Å². The highest BCUT2D eigenvalue weighted by Crippen LogP contribution is 2.16. The highest BCUT2D eigenvalue weighted by molar-refractivity contribution is 5.35. The van der Waals surface area contributed by atoms with Crippen molar-refractivity contribution < 1.29 is 4.57 Å². The van der Waals surface area contributed by atoms with Crippen LogP contribution in [0.4, 0.5) is 0 Å². The van der Waals surface area contributed by atoms with Crippen LogP contribution in [-0.4, -0.2) is 4.57 Å². The molecule has 0 saturated heterocycles. The summed E-state index contributed by atoms with van der Waals surface area (Å²) in [6.07, 6.45) is 6.37. The van der Waals surface area contributed by atoms with Crippen molar-refractivity contribution in [3.63, 3.8) is 0 Å². The Labute approximate surface area is 132 Å². The molecule has 1 heterocycles. The maximum Gasteiger partial charge on any atom is 0.249 e. The second-order valence-electron chi connectivity index (χ2n) is 6.23. The van der Waals surface area contributed by atoms with Crippen molar-refractivity contribution in [1.29, 1.82) is 0 Å². The van der Waals surface area contributed by atoms with Crippen molar-refractivity contribution in [3.05, 3.63) is 83.9 Å². The fraction of sp³-hybridized carbons (Fsp3) is 0.250. The molecule has 0 aliphatic rings. The number of aromatic nitrogens is 2. The monoisotopic (exact) mass is 291 g/mol. The highest BCUT2D eigenvalue weighted by Gasteiger charge is 2.08. The van der Waals surface area contributed by atoms with E-state index < -0.39 is 0 Å². The predicted molar refractivity (Wildman–Crippen MR) is 90.3 cm³/mol. The number of rotatable bonds is 4. The third kappa shape index (κ3) is 3.28. The molecule has 3 aromatic rings. The average molecular weight is 291 g/mol. The standard InChI is InChI=1S/C20H23N2/c1-16(2)19-8-10-20(11-9-19)22-13-12-21(15-22)14-18-6-4-17(3)5-7-18/h4-13,15-16H,14H2,1-3H3/q+1. The first-order chi connectivity index (χ1) is 10.6. The summed E-state index contributed by atoms with van der Waals surface area (Å²) >= 11 is 0. The molecule has 3 rings (SSSR count). The summed E-state index contributed by atoms with van der Waals surface area (Å²) in [6, 6.07) is 17.5. The zero-order valence-electron chi connectivity index (χ0n) is 13.5. The number of benzene rings is 2. The first-order valence-electron chi connectivity index (χ1n) is 7.85. The van der Waals surface area contributed by atoms with Gasteiger partial charge in [0.1, 0.15) is 24.6 Å². The number of imidazole rings is 1. The highest BCUT2D eigenvalue weighted by atomic mass is 15.1. The van der Waals surface area contributed by atoms with E-state index in [9.17, 15) is 0 Å². The second-order valence-corrected chi connectivity index (χ2v) is 6.23. The van der Waals surface area contributed by atoms with Crippen LogP contribution in [-0.2, 0) is 6.54 Å². The molecule has 22 heavy (non-hydrogen) atoms. The summed E-state index contributed by atoms with van der Waals surface area (Å²) in [7, 11) is 0. The largest absolute Gasteiger partial charge is 0.249 e. The molecule has 0 aliphatic carbocycles. The van der Waals surface area contributed by atoms with E-state index in [0.717, 1.165) is 6.54 Å². The van der Waals surface area contributed by atoms with E-state index >= 15 is 0 Å². The molecule has 0 bridgehead atoms. The topological polar surface area (TPSA) is 8.81 Å². The maximum atomic E-state index is 2.22. The lowest BCUT2D eigenvalue weighted by molar-refractivity contribution is -0.687. The molecule has 112 valence electrons. The molecule has 0 spiro atoms. The van der Waals surface area contributed by atoms with Crippen molar-refractivity contribution >= 4 is 0 Å². The van der Waals surface area contributed by atoms with Crippen molar-refractivity contribution in [3.8, 4) is 5.69 Å². The van der Waals surface area contributed by atoms with Gasteiger partial charge in [0.2, 0.25) is 6.33 Å². The quantitative estimate of drug-likeness (QED) is 0.636. The predicted octanol–water partition coefficient (Wildman–Crippen LogP) is 4.24. The number of nitrogens with zero attached hydrogens (tertiary/aromatic N) is 2. The van der Waals surface area contributed by atoms with Gasteiger partial charge in [0, 0.05) is 0 Å². The Morgan fingerprint density at radius 2 is 1.64 bits per heavy atom. The molecule has 2 heteroatoms. The van der Waals surface area contributed by atoms with Gasteiger partial charge in [-0.1, -0.05) is 55.8 Å². The van der Waals surface area contributed by atoms with E-state index in [-0.39, 0.29) is 0 Å². The normalized spacial score (nSPS) is 11.1. The summed E-state index contributed by atoms with van der Waals surface area (Å²) in [5.41, 5.74) is 5.20. The Kier molecular flexibility index (Phi) is 4.10. The summed E-state index contributed by atoms with van der Waals surface area (Å²) in [4.78, 5) is 0. The first kappa shape index (κ1) is 14.6. The molecule has 0 saturated carbocycles. The Balaban J connectivity index is 1.77. The van der Waals surface area contributed by atoms with Crippen molar-refractivity contribution in [2.75, 3.05) is 0 Å². The van der Waals surface area contributed by atoms with E-state index in [2.05, 4.69) is 97.2 Å². The minimum atomic E-state index is 0.574. The fourth-order valence-electron chi connectivity index (χ4n) is 2.58. The summed E-state index contributed by atoms with van der Waals surface area (Å²) < 4.78 is 4.37. The fourth-order valence-corrected chi connectivity index (χ4v) is 2.58. The van der Waals surface area contributed by atoms with E-state index in [0.29, 0.717) is 5.92 Å². The third-order valence-electron chi connectivity index (χ3n) is 4.04. The molecule has 0 amide bonds. The molecule has 0 atom stereocenters. The Bertz CT molecular complexity index is 734. The van der Waals surface area contributed by atoms with Crippen LogP contribution in [0.2, 0.25) is 0 Å². The van der Waals surface area contributed by atoms with Gasteiger partial charge in [-0.05, 0) is 36.1 Å². The van der Waals surface area contributed by atoms with Gasteiger partial charge in [-0.3, -0.25) is 0 Å². The molecular weight excluding hydrogens is 268 g/mol. The molecule has 0 fully saturated rings. The van der Waals surface area contributed by atoms with Crippen molar-refractivity contribution in [2.45, 2.75) is 33.2 Å². The summed E-state index contributed by atoms with van der Waals surface area (Å²) in [6.45, 7) is 7.46. The Morgan fingerprint density at radius 1 is 0.955 bits per heavy atom. The zero-order valence-corrected chi connectivity index (χ0v) is 13.5. The van der Waals surface area contributed by atoms with Crippen LogP contribution in [0.25, 0.3) is 5.69 Å². The lowest BCUT2D eigenvalue weighted by Crippen LogP contribution is -2.31. The lowest BCUT2D eigenvalue weighted by atomic mass is 10.0.